The lowest BCUT2D eigenvalue weighted by atomic mass is 9.95. The van der Waals surface area contributed by atoms with Crippen molar-refractivity contribution < 1.29 is 24.4 Å². The number of benzene rings is 2. The van der Waals surface area contributed by atoms with Crippen LogP contribution in [-0.4, -0.2) is 39.3 Å². The van der Waals surface area contributed by atoms with Crippen molar-refractivity contribution in [2.75, 3.05) is 6.54 Å². The summed E-state index contributed by atoms with van der Waals surface area (Å²) < 4.78 is 5.67. The standard InChI is InChI=1S/C24H26N2O6/c1-4-5-13-25-21(16-9-11-19(12-10-16)32-15(2)3)20(23(28)24(25)29)22(27)17-7-6-8-18(14-17)26(30)31/h6-12,14-15,21,27H,4-5,13H2,1-3H3/b22-20-. The number of carbonyl (C=O) groups is 2. The monoisotopic (exact) mass is 438 g/mol. The topological polar surface area (TPSA) is 110 Å². The molecule has 32 heavy (non-hydrogen) atoms. The molecule has 2 aromatic carbocycles. The fourth-order valence-electron chi connectivity index (χ4n) is 3.71. The molecular formula is C24H26N2O6. The Kier molecular flexibility index (Phi) is 6.92. The van der Waals surface area contributed by atoms with Crippen molar-refractivity contribution in [1.29, 1.82) is 0 Å². The average Bonchev–Trinajstić information content (AvgIpc) is 3.02. The first-order valence-corrected chi connectivity index (χ1v) is 10.5. The fourth-order valence-corrected chi connectivity index (χ4v) is 3.71. The van der Waals surface area contributed by atoms with Gasteiger partial charge < -0.3 is 14.7 Å². The van der Waals surface area contributed by atoms with E-state index in [-0.39, 0.29) is 22.9 Å². The maximum Gasteiger partial charge on any atom is 0.295 e. The van der Waals surface area contributed by atoms with E-state index in [9.17, 15) is 24.8 Å². The van der Waals surface area contributed by atoms with Crippen molar-refractivity contribution in [1.82, 2.24) is 4.90 Å². The molecule has 1 aliphatic heterocycles. The number of likely N-dealkylation sites (tertiary alicyclic amines) is 1. The van der Waals surface area contributed by atoms with E-state index in [2.05, 4.69) is 0 Å². The van der Waals surface area contributed by atoms with E-state index < -0.39 is 28.4 Å². The Morgan fingerprint density at radius 1 is 1.19 bits per heavy atom. The molecule has 1 saturated heterocycles. The molecule has 0 aliphatic carbocycles. The van der Waals surface area contributed by atoms with E-state index in [1.807, 2.05) is 20.8 Å². The van der Waals surface area contributed by atoms with E-state index in [4.69, 9.17) is 4.74 Å². The number of unbranched alkanes of at least 4 members (excludes halogenated alkanes) is 1. The molecule has 168 valence electrons. The van der Waals surface area contributed by atoms with Crippen LogP contribution in [-0.2, 0) is 9.59 Å². The van der Waals surface area contributed by atoms with Crippen LogP contribution in [0.2, 0.25) is 0 Å². The first-order chi connectivity index (χ1) is 15.2. The van der Waals surface area contributed by atoms with Crippen LogP contribution < -0.4 is 4.74 Å². The summed E-state index contributed by atoms with van der Waals surface area (Å²) in [4.78, 5) is 37.8. The van der Waals surface area contributed by atoms with E-state index in [1.54, 1.807) is 24.3 Å². The smallest absolute Gasteiger partial charge is 0.295 e. The predicted molar refractivity (Wildman–Crippen MR) is 119 cm³/mol. The summed E-state index contributed by atoms with van der Waals surface area (Å²) in [5.74, 6) is -1.29. The van der Waals surface area contributed by atoms with Crippen molar-refractivity contribution in [2.45, 2.75) is 45.8 Å². The zero-order valence-corrected chi connectivity index (χ0v) is 18.3. The quantitative estimate of drug-likeness (QED) is 0.212. The van der Waals surface area contributed by atoms with Crippen LogP contribution in [0.15, 0.2) is 54.1 Å². The zero-order chi connectivity index (χ0) is 23.4. The number of rotatable bonds is 8. The van der Waals surface area contributed by atoms with Gasteiger partial charge in [0, 0.05) is 24.2 Å². The fraction of sp³-hybridized carbons (Fsp3) is 0.333. The highest BCUT2D eigenvalue weighted by molar-refractivity contribution is 6.46. The van der Waals surface area contributed by atoms with Crippen LogP contribution in [0.3, 0.4) is 0 Å². The van der Waals surface area contributed by atoms with Crippen LogP contribution in [0.25, 0.3) is 5.76 Å². The van der Waals surface area contributed by atoms with Gasteiger partial charge in [0.15, 0.2) is 0 Å². The number of nitro benzene ring substituents is 1. The third-order valence-corrected chi connectivity index (χ3v) is 5.19. The Bertz CT molecular complexity index is 1060. The summed E-state index contributed by atoms with van der Waals surface area (Å²) in [6, 6.07) is 11.6. The molecular weight excluding hydrogens is 412 g/mol. The maximum atomic E-state index is 12.9. The van der Waals surface area contributed by atoms with Gasteiger partial charge in [0.25, 0.3) is 17.4 Å². The van der Waals surface area contributed by atoms with E-state index in [0.29, 0.717) is 24.3 Å². The largest absolute Gasteiger partial charge is 0.507 e. The summed E-state index contributed by atoms with van der Waals surface area (Å²) >= 11 is 0. The molecule has 1 amide bonds. The number of nitro groups is 1. The van der Waals surface area contributed by atoms with Gasteiger partial charge in [0.2, 0.25) is 0 Å². The second-order valence-corrected chi connectivity index (χ2v) is 7.89. The number of nitrogens with zero attached hydrogens (tertiary/aromatic N) is 2. The normalized spacial score (nSPS) is 17.8. The highest BCUT2D eigenvalue weighted by Gasteiger charge is 2.45. The van der Waals surface area contributed by atoms with Crippen molar-refractivity contribution in [3.8, 4) is 5.75 Å². The number of ketones is 1. The number of carbonyl (C=O) groups excluding carboxylic acids is 2. The van der Waals surface area contributed by atoms with E-state index >= 15 is 0 Å². The summed E-state index contributed by atoms with van der Waals surface area (Å²) in [7, 11) is 0. The lowest BCUT2D eigenvalue weighted by Gasteiger charge is -2.25. The Labute approximate surface area is 186 Å². The number of aliphatic hydroxyl groups is 1. The molecule has 1 heterocycles. The minimum atomic E-state index is -0.808. The van der Waals surface area contributed by atoms with Crippen LogP contribution in [0.4, 0.5) is 5.69 Å². The molecule has 3 rings (SSSR count). The van der Waals surface area contributed by atoms with Crippen molar-refractivity contribution in [2.24, 2.45) is 0 Å². The van der Waals surface area contributed by atoms with Gasteiger partial charge in [-0.3, -0.25) is 19.7 Å². The molecule has 0 bridgehead atoms. The van der Waals surface area contributed by atoms with Gasteiger partial charge in [0.1, 0.15) is 11.5 Å². The van der Waals surface area contributed by atoms with Gasteiger partial charge in [-0.25, -0.2) is 0 Å². The summed E-state index contributed by atoms with van der Waals surface area (Å²) in [5, 5.41) is 22.1. The number of amides is 1. The molecule has 0 spiro atoms. The molecule has 8 nitrogen and oxygen atoms in total. The Hall–Kier alpha value is -3.68. The second kappa shape index (κ2) is 9.64. The molecule has 0 radical (unpaired) electrons. The SMILES string of the molecule is CCCCN1C(=O)C(=O)/C(=C(\O)c2cccc([N+](=O)[O-])c2)C1c1ccc(OC(C)C)cc1. The number of hydrogen-bond donors (Lipinski definition) is 1. The minimum absolute atomic E-state index is 0.00934. The van der Waals surface area contributed by atoms with Crippen molar-refractivity contribution >= 4 is 23.1 Å². The molecule has 8 heteroatoms. The minimum Gasteiger partial charge on any atom is -0.507 e. The summed E-state index contributed by atoms with van der Waals surface area (Å²) in [5.41, 5.74) is 0.450. The molecule has 1 fully saturated rings. The number of hydrogen-bond acceptors (Lipinski definition) is 6. The number of Topliss-reactive ketones (excluding diaryl/α,β-unsaturated/α-hetero) is 1. The maximum absolute atomic E-state index is 12.9. The van der Waals surface area contributed by atoms with E-state index in [0.717, 1.165) is 6.42 Å². The second-order valence-electron chi connectivity index (χ2n) is 7.89. The summed E-state index contributed by atoms with van der Waals surface area (Å²) in [6.07, 6.45) is 1.50. The lowest BCUT2D eigenvalue weighted by Crippen LogP contribution is -2.30. The molecule has 1 atom stereocenters. The Balaban J connectivity index is 2.12. The third kappa shape index (κ3) is 4.64. The van der Waals surface area contributed by atoms with Gasteiger partial charge in [-0.1, -0.05) is 37.6 Å². The van der Waals surface area contributed by atoms with Crippen LogP contribution in [0.1, 0.15) is 50.8 Å². The molecule has 1 unspecified atom stereocenters. The first kappa shape index (κ1) is 23.0. The van der Waals surface area contributed by atoms with Gasteiger partial charge in [0.05, 0.1) is 22.6 Å². The first-order valence-electron chi connectivity index (χ1n) is 10.5. The Morgan fingerprint density at radius 3 is 2.47 bits per heavy atom. The van der Waals surface area contributed by atoms with Gasteiger partial charge in [-0.05, 0) is 38.0 Å². The number of non-ortho nitro benzene ring substituents is 1. The molecule has 1 N–H and O–H groups in total. The Morgan fingerprint density at radius 2 is 1.88 bits per heavy atom. The predicted octanol–water partition coefficient (Wildman–Crippen LogP) is 4.60. The van der Waals surface area contributed by atoms with Crippen LogP contribution in [0, 0.1) is 10.1 Å². The van der Waals surface area contributed by atoms with Gasteiger partial charge >= 0.3 is 0 Å². The number of ether oxygens (including phenoxy) is 1. The highest BCUT2D eigenvalue weighted by atomic mass is 16.6. The number of aliphatic hydroxyl groups excluding tert-OH is 1. The molecule has 0 aromatic heterocycles. The van der Waals surface area contributed by atoms with Crippen molar-refractivity contribution in [3.63, 3.8) is 0 Å². The van der Waals surface area contributed by atoms with Gasteiger partial charge in [-0.15, -0.1) is 0 Å². The molecule has 2 aromatic rings. The molecule has 1 aliphatic rings. The highest BCUT2D eigenvalue weighted by Crippen LogP contribution is 2.40. The third-order valence-electron chi connectivity index (χ3n) is 5.19. The summed E-state index contributed by atoms with van der Waals surface area (Å²) in [6.45, 7) is 6.15. The van der Waals surface area contributed by atoms with Crippen molar-refractivity contribution in [3.05, 3.63) is 75.3 Å². The van der Waals surface area contributed by atoms with Gasteiger partial charge in [-0.2, -0.15) is 0 Å². The molecule has 0 saturated carbocycles. The van der Waals surface area contributed by atoms with Crippen LogP contribution >= 0.6 is 0 Å². The zero-order valence-electron chi connectivity index (χ0n) is 18.3. The van der Waals surface area contributed by atoms with Crippen LogP contribution in [0.5, 0.6) is 5.75 Å². The van der Waals surface area contributed by atoms with E-state index in [1.165, 1.54) is 29.2 Å². The lowest BCUT2D eigenvalue weighted by molar-refractivity contribution is -0.384. The average molecular weight is 438 g/mol.